The number of benzene rings is 2. The molecule has 1 aromatic heterocycles. The van der Waals surface area contributed by atoms with Crippen LogP contribution in [0.25, 0.3) is 0 Å². The van der Waals surface area contributed by atoms with Crippen LogP contribution in [0.15, 0.2) is 66.9 Å². The number of nitrogens with one attached hydrogen (secondary N) is 2. The Morgan fingerprint density at radius 2 is 1.87 bits per heavy atom. The van der Waals surface area contributed by atoms with E-state index in [0.29, 0.717) is 17.3 Å². The van der Waals surface area contributed by atoms with Gasteiger partial charge in [-0.25, -0.2) is 9.37 Å². The lowest BCUT2D eigenvalue weighted by Crippen LogP contribution is -2.32. The maximum atomic E-state index is 13.0. The molecule has 0 aliphatic carbocycles. The van der Waals surface area contributed by atoms with Gasteiger partial charge >= 0.3 is 0 Å². The fraction of sp³-hybridized carbons (Fsp3) is 0.250. The smallest absolute Gasteiger partial charge is 0.257 e. The maximum Gasteiger partial charge on any atom is 0.257 e. The van der Waals surface area contributed by atoms with Gasteiger partial charge in [0.2, 0.25) is 0 Å². The summed E-state index contributed by atoms with van der Waals surface area (Å²) < 4.78 is 13.0. The van der Waals surface area contributed by atoms with E-state index in [-0.39, 0.29) is 11.7 Å². The molecular weight excluding hydrogens is 379 g/mol. The number of hydrogen-bond donors (Lipinski definition) is 2. The quantitative estimate of drug-likeness (QED) is 0.648. The zero-order chi connectivity index (χ0) is 20.9. The predicted molar refractivity (Wildman–Crippen MR) is 117 cm³/mol. The van der Waals surface area contributed by atoms with E-state index < -0.39 is 0 Å². The molecule has 5 nitrogen and oxygen atoms in total. The van der Waals surface area contributed by atoms with Crippen LogP contribution in [0, 0.1) is 12.7 Å². The first kappa shape index (κ1) is 20.0. The fourth-order valence-corrected chi connectivity index (χ4v) is 3.55. The van der Waals surface area contributed by atoms with Crippen molar-refractivity contribution in [2.75, 3.05) is 23.3 Å². The van der Waals surface area contributed by atoms with Gasteiger partial charge in [-0.1, -0.05) is 29.8 Å². The highest BCUT2D eigenvalue weighted by Gasteiger charge is 2.23. The van der Waals surface area contributed by atoms with E-state index in [0.717, 1.165) is 31.9 Å². The number of aromatic nitrogens is 1. The van der Waals surface area contributed by atoms with Crippen LogP contribution in [0.4, 0.5) is 15.9 Å². The summed E-state index contributed by atoms with van der Waals surface area (Å²) in [6.45, 7) is 4.77. The Labute approximate surface area is 176 Å². The van der Waals surface area contributed by atoms with Crippen molar-refractivity contribution >= 4 is 17.4 Å². The molecule has 1 amide bonds. The van der Waals surface area contributed by atoms with Crippen LogP contribution in [0.1, 0.15) is 27.9 Å². The van der Waals surface area contributed by atoms with Gasteiger partial charge < -0.3 is 15.5 Å². The van der Waals surface area contributed by atoms with E-state index in [4.69, 9.17) is 0 Å². The van der Waals surface area contributed by atoms with Gasteiger partial charge in [-0.2, -0.15) is 0 Å². The van der Waals surface area contributed by atoms with Gasteiger partial charge in [0.15, 0.2) is 0 Å². The summed E-state index contributed by atoms with van der Waals surface area (Å²) in [4.78, 5) is 19.1. The summed E-state index contributed by atoms with van der Waals surface area (Å²) >= 11 is 0. The number of halogens is 1. The Morgan fingerprint density at radius 3 is 2.57 bits per heavy atom. The molecule has 2 N–H and O–H groups in total. The second kappa shape index (κ2) is 9.05. The molecular formula is C24H25FN4O. The third-order valence-electron chi connectivity index (χ3n) is 5.34. The first-order valence-electron chi connectivity index (χ1n) is 10.1. The minimum atomic E-state index is -0.337. The molecule has 154 valence electrons. The molecule has 1 unspecified atom stereocenters. The molecule has 4 rings (SSSR count). The van der Waals surface area contributed by atoms with Gasteiger partial charge in [0.1, 0.15) is 11.6 Å². The summed E-state index contributed by atoms with van der Waals surface area (Å²) in [5, 5.41) is 6.37. The Bertz CT molecular complexity index is 987. The van der Waals surface area contributed by atoms with Crippen LogP contribution in [-0.4, -0.2) is 30.0 Å². The van der Waals surface area contributed by atoms with E-state index in [1.54, 1.807) is 12.3 Å². The molecule has 1 aliphatic heterocycles. The summed E-state index contributed by atoms with van der Waals surface area (Å²) in [6, 6.07) is 18.3. The molecule has 1 fully saturated rings. The standard InChI is InChI=1S/C24H25FN4O/c1-17-2-4-18(5-3-17)14-26-22-12-13-29(16-22)23-11-6-19(15-27-23)24(30)28-21-9-7-20(25)8-10-21/h2-11,15,22,26H,12-14,16H2,1H3,(H,28,30). The number of carbonyl (C=O) groups is 1. The lowest BCUT2D eigenvalue weighted by atomic mass is 10.1. The monoisotopic (exact) mass is 404 g/mol. The largest absolute Gasteiger partial charge is 0.355 e. The van der Waals surface area contributed by atoms with Crippen LogP contribution in [0.2, 0.25) is 0 Å². The van der Waals surface area contributed by atoms with Crippen molar-refractivity contribution in [3.05, 3.63) is 89.4 Å². The van der Waals surface area contributed by atoms with Crippen molar-refractivity contribution in [1.82, 2.24) is 10.3 Å². The molecule has 3 aromatic rings. The zero-order valence-electron chi connectivity index (χ0n) is 16.9. The first-order valence-corrected chi connectivity index (χ1v) is 10.1. The Hall–Kier alpha value is -3.25. The van der Waals surface area contributed by atoms with Gasteiger partial charge in [0.05, 0.1) is 5.56 Å². The van der Waals surface area contributed by atoms with Gasteiger partial charge in [-0.05, 0) is 55.3 Å². The molecule has 6 heteroatoms. The number of pyridine rings is 1. The van der Waals surface area contributed by atoms with Crippen LogP contribution < -0.4 is 15.5 Å². The highest BCUT2D eigenvalue weighted by atomic mass is 19.1. The molecule has 2 heterocycles. The third-order valence-corrected chi connectivity index (χ3v) is 5.34. The van der Waals surface area contributed by atoms with Crippen LogP contribution in [0.5, 0.6) is 0 Å². The van der Waals surface area contributed by atoms with Crippen molar-refractivity contribution in [3.63, 3.8) is 0 Å². The lowest BCUT2D eigenvalue weighted by molar-refractivity contribution is 0.102. The molecule has 0 radical (unpaired) electrons. The number of rotatable bonds is 6. The lowest BCUT2D eigenvalue weighted by Gasteiger charge is -2.18. The number of anilines is 2. The van der Waals surface area contributed by atoms with Crippen molar-refractivity contribution < 1.29 is 9.18 Å². The minimum absolute atomic E-state index is 0.264. The Balaban J connectivity index is 1.30. The van der Waals surface area contributed by atoms with E-state index >= 15 is 0 Å². The highest BCUT2D eigenvalue weighted by molar-refractivity contribution is 6.04. The van der Waals surface area contributed by atoms with Crippen LogP contribution >= 0.6 is 0 Å². The van der Waals surface area contributed by atoms with Crippen LogP contribution in [-0.2, 0) is 6.54 Å². The topological polar surface area (TPSA) is 57.3 Å². The molecule has 0 bridgehead atoms. The fourth-order valence-electron chi connectivity index (χ4n) is 3.55. The third kappa shape index (κ3) is 5.02. The number of hydrogen-bond acceptors (Lipinski definition) is 4. The Kier molecular flexibility index (Phi) is 6.05. The molecule has 2 aromatic carbocycles. The van der Waals surface area contributed by atoms with Gasteiger partial charge in [-0.15, -0.1) is 0 Å². The summed E-state index contributed by atoms with van der Waals surface area (Å²) in [7, 11) is 0. The second-order valence-corrected chi connectivity index (χ2v) is 7.66. The predicted octanol–water partition coefficient (Wildman–Crippen LogP) is 4.15. The van der Waals surface area contributed by atoms with Crippen molar-refractivity contribution in [1.29, 1.82) is 0 Å². The normalized spacial score (nSPS) is 15.9. The van der Waals surface area contributed by atoms with E-state index in [1.165, 1.54) is 35.4 Å². The molecule has 0 spiro atoms. The minimum Gasteiger partial charge on any atom is -0.355 e. The van der Waals surface area contributed by atoms with Crippen molar-refractivity contribution in [3.8, 4) is 0 Å². The first-order chi connectivity index (χ1) is 14.6. The summed E-state index contributed by atoms with van der Waals surface area (Å²) in [6.07, 6.45) is 2.64. The van der Waals surface area contributed by atoms with E-state index in [1.807, 2.05) is 6.07 Å². The molecule has 30 heavy (non-hydrogen) atoms. The van der Waals surface area contributed by atoms with Crippen molar-refractivity contribution in [2.24, 2.45) is 0 Å². The summed E-state index contributed by atoms with van der Waals surface area (Å²) in [5.41, 5.74) is 3.57. The molecule has 0 saturated carbocycles. The van der Waals surface area contributed by atoms with E-state index in [2.05, 4.69) is 51.7 Å². The SMILES string of the molecule is Cc1ccc(CNC2CCN(c3ccc(C(=O)Nc4ccc(F)cc4)cn3)C2)cc1. The number of carbonyl (C=O) groups excluding carboxylic acids is 1. The second-order valence-electron chi connectivity index (χ2n) is 7.66. The molecule has 1 atom stereocenters. The Morgan fingerprint density at radius 1 is 1.10 bits per heavy atom. The summed E-state index contributed by atoms with van der Waals surface area (Å²) in [5.74, 6) is 0.268. The van der Waals surface area contributed by atoms with Gasteiger partial charge in [0.25, 0.3) is 5.91 Å². The molecule has 1 aliphatic rings. The van der Waals surface area contributed by atoms with E-state index in [9.17, 15) is 9.18 Å². The average Bonchev–Trinajstić information content (AvgIpc) is 3.24. The molecule has 1 saturated heterocycles. The maximum absolute atomic E-state index is 13.0. The highest BCUT2D eigenvalue weighted by Crippen LogP contribution is 2.19. The van der Waals surface area contributed by atoms with Gasteiger partial charge in [0, 0.05) is 37.6 Å². The van der Waals surface area contributed by atoms with Crippen molar-refractivity contribution in [2.45, 2.75) is 25.9 Å². The number of nitrogens with zero attached hydrogens (tertiary/aromatic N) is 2. The average molecular weight is 404 g/mol. The van der Waals surface area contributed by atoms with Crippen LogP contribution in [0.3, 0.4) is 0 Å². The zero-order valence-corrected chi connectivity index (χ0v) is 16.9. The number of aryl methyl sites for hydroxylation is 1. The number of amides is 1. The van der Waals surface area contributed by atoms with Gasteiger partial charge in [-0.3, -0.25) is 4.79 Å².